The summed E-state index contributed by atoms with van der Waals surface area (Å²) in [5.74, 6) is 1.15. The highest BCUT2D eigenvalue weighted by atomic mass is 32.1. The number of furan rings is 1. The standard InChI is InChI=1S/C14H19N3O2S/c1-4-5-6-7-12-16-17-14(20-12)15-13(18)11-8-9(2)19-10(11)3/h8H,4-7H2,1-3H3,(H,15,17,18). The third-order valence-electron chi connectivity index (χ3n) is 2.97. The molecule has 2 aromatic rings. The molecule has 0 unspecified atom stereocenters. The summed E-state index contributed by atoms with van der Waals surface area (Å²) in [6.45, 7) is 5.76. The van der Waals surface area contributed by atoms with E-state index in [9.17, 15) is 4.79 Å². The molecule has 0 radical (unpaired) electrons. The molecule has 0 bridgehead atoms. The van der Waals surface area contributed by atoms with E-state index < -0.39 is 0 Å². The Bertz CT molecular complexity index is 589. The van der Waals surface area contributed by atoms with Gasteiger partial charge >= 0.3 is 0 Å². The molecule has 2 aromatic heterocycles. The van der Waals surface area contributed by atoms with Crippen molar-refractivity contribution in [3.05, 3.63) is 28.2 Å². The Balaban J connectivity index is 1.96. The molecule has 0 aliphatic heterocycles. The molecule has 5 nitrogen and oxygen atoms in total. The van der Waals surface area contributed by atoms with Gasteiger partial charge in [0.05, 0.1) is 5.56 Å². The fraction of sp³-hybridized carbons (Fsp3) is 0.500. The van der Waals surface area contributed by atoms with E-state index in [0.29, 0.717) is 16.5 Å². The van der Waals surface area contributed by atoms with E-state index in [1.165, 1.54) is 24.2 Å². The first-order chi connectivity index (χ1) is 9.60. The molecular weight excluding hydrogens is 274 g/mol. The van der Waals surface area contributed by atoms with Gasteiger partial charge in [-0.05, 0) is 26.3 Å². The minimum atomic E-state index is -0.199. The van der Waals surface area contributed by atoms with E-state index in [-0.39, 0.29) is 5.91 Å². The van der Waals surface area contributed by atoms with Crippen LogP contribution in [0.4, 0.5) is 5.13 Å². The first-order valence-electron chi connectivity index (χ1n) is 6.81. The molecule has 0 spiro atoms. The smallest absolute Gasteiger partial charge is 0.261 e. The van der Waals surface area contributed by atoms with Crippen LogP contribution in [-0.2, 0) is 6.42 Å². The van der Waals surface area contributed by atoms with Gasteiger partial charge in [0.25, 0.3) is 5.91 Å². The van der Waals surface area contributed by atoms with Gasteiger partial charge < -0.3 is 4.42 Å². The number of hydrogen-bond donors (Lipinski definition) is 1. The summed E-state index contributed by atoms with van der Waals surface area (Å²) in [5.41, 5.74) is 0.547. The number of unbranched alkanes of at least 4 members (excludes halogenated alkanes) is 2. The van der Waals surface area contributed by atoms with Gasteiger partial charge in [-0.25, -0.2) is 0 Å². The lowest BCUT2D eigenvalue weighted by Gasteiger charge is -1.98. The fourth-order valence-electron chi connectivity index (χ4n) is 1.95. The largest absolute Gasteiger partial charge is 0.466 e. The minimum Gasteiger partial charge on any atom is -0.466 e. The van der Waals surface area contributed by atoms with Crippen LogP contribution in [0.2, 0.25) is 0 Å². The third-order valence-corrected chi connectivity index (χ3v) is 3.87. The molecular formula is C14H19N3O2S. The number of anilines is 1. The van der Waals surface area contributed by atoms with Crippen molar-refractivity contribution in [1.82, 2.24) is 10.2 Å². The van der Waals surface area contributed by atoms with Crippen LogP contribution < -0.4 is 5.32 Å². The minimum absolute atomic E-state index is 0.199. The Kier molecular flexibility index (Phi) is 4.89. The highest BCUT2D eigenvalue weighted by Gasteiger charge is 2.15. The third kappa shape index (κ3) is 3.66. The van der Waals surface area contributed by atoms with Crippen molar-refractivity contribution >= 4 is 22.4 Å². The van der Waals surface area contributed by atoms with Crippen molar-refractivity contribution in [2.24, 2.45) is 0 Å². The lowest BCUT2D eigenvalue weighted by atomic mass is 10.2. The monoisotopic (exact) mass is 293 g/mol. The zero-order chi connectivity index (χ0) is 14.5. The topological polar surface area (TPSA) is 68.0 Å². The van der Waals surface area contributed by atoms with Crippen molar-refractivity contribution in [2.75, 3.05) is 5.32 Å². The lowest BCUT2D eigenvalue weighted by Crippen LogP contribution is -2.11. The second-order valence-electron chi connectivity index (χ2n) is 4.74. The zero-order valence-corrected chi connectivity index (χ0v) is 12.8. The predicted octanol–water partition coefficient (Wildman–Crippen LogP) is 3.73. The van der Waals surface area contributed by atoms with Crippen LogP contribution in [0.15, 0.2) is 10.5 Å². The maximum atomic E-state index is 12.1. The lowest BCUT2D eigenvalue weighted by molar-refractivity contribution is 0.102. The number of nitrogens with one attached hydrogen (secondary N) is 1. The molecule has 6 heteroatoms. The van der Waals surface area contributed by atoms with Crippen LogP contribution in [-0.4, -0.2) is 16.1 Å². The van der Waals surface area contributed by atoms with Crippen molar-refractivity contribution in [1.29, 1.82) is 0 Å². The van der Waals surface area contributed by atoms with Crippen LogP contribution in [0, 0.1) is 13.8 Å². The van der Waals surface area contributed by atoms with E-state index in [1.807, 2.05) is 6.92 Å². The molecule has 108 valence electrons. The second-order valence-corrected chi connectivity index (χ2v) is 5.80. The summed E-state index contributed by atoms with van der Waals surface area (Å²) in [6, 6.07) is 1.73. The van der Waals surface area contributed by atoms with Crippen LogP contribution in [0.5, 0.6) is 0 Å². The summed E-state index contributed by atoms with van der Waals surface area (Å²) in [4.78, 5) is 12.1. The maximum Gasteiger partial charge on any atom is 0.261 e. The highest BCUT2D eigenvalue weighted by molar-refractivity contribution is 7.15. The first kappa shape index (κ1) is 14.7. The van der Waals surface area contributed by atoms with E-state index in [1.54, 1.807) is 13.0 Å². The normalized spacial score (nSPS) is 10.8. The molecule has 0 saturated heterocycles. The Morgan fingerprint density at radius 1 is 1.35 bits per heavy atom. The molecule has 0 atom stereocenters. The van der Waals surface area contributed by atoms with Crippen LogP contribution in [0.25, 0.3) is 0 Å². The summed E-state index contributed by atoms with van der Waals surface area (Å²) in [5, 5.41) is 12.4. The number of carbonyl (C=O) groups is 1. The Morgan fingerprint density at radius 2 is 2.15 bits per heavy atom. The zero-order valence-electron chi connectivity index (χ0n) is 12.0. The summed E-state index contributed by atoms with van der Waals surface area (Å²) >= 11 is 1.43. The van der Waals surface area contributed by atoms with E-state index in [2.05, 4.69) is 22.4 Å². The molecule has 0 aliphatic carbocycles. The molecule has 0 fully saturated rings. The fourth-order valence-corrected chi connectivity index (χ4v) is 2.73. The average molecular weight is 293 g/mol. The Labute approximate surface area is 122 Å². The Morgan fingerprint density at radius 3 is 2.80 bits per heavy atom. The van der Waals surface area contributed by atoms with Gasteiger partial charge in [-0.2, -0.15) is 0 Å². The number of rotatable bonds is 6. The molecule has 0 aliphatic rings. The summed E-state index contributed by atoms with van der Waals surface area (Å²) in [7, 11) is 0. The van der Waals surface area contributed by atoms with Gasteiger partial charge in [0.15, 0.2) is 0 Å². The molecule has 0 saturated carbocycles. The number of hydrogen-bond acceptors (Lipinski definition) is 5. The second kappa shape index (κ2) is 6.65. The quantitative estimate of drug-likeness (QED) is 0.824. The molecule has 1 amide bonds. The summed E-state index contributed by atoms with van der Waals surface area (Å²) < 4.78 is 5.35. The van der Waals surface area contributed by atoms with E-state index >= 15 is 0 Å². The van der Waals surface area contributed by atoms with Gasteiger partial charge in [-0.15, -0.1) is 10.2 Å². The van der Waals surface area contributed by atoms with E-state index in [4.69, 9.17) is 4.42 Å². The van der Waals surface area contributed by atoms with Crippen molar-refractivity contribution in [2.45, 2.75) is 46.5 Å². The molecule has 20 heavy (non-hydrogen) atoms. The maximum absolute atomic E-state index is 12.1. The number of aryl methyl sites for hydroxylation is 3. The van der Waals surface area contributed by atoms with Gasteiger partial charge in [-0.3, -0.25) is 10.1 Å². The number of amides is 1. The van der Waals surface area contributed by atoms with Crippen LogP contribution >= 0.6 is 11.3 Å². The van der Waals surface area contributed by atoms with Gasteiger partial charge in [0.1, 0.15) is 16.5 Å². The van der Waals surface area contributed by atoms with Gasteiger partial charge in [-0.1, -0.05) is 31.1 Å². The number of aromatic nitrogens is 2. The molecule has 2 heterocycles. The Hall–Kier alpha value is -1.69. The predicted molar refractivity (Wildman–Crippen MR) is 79.3 cm³/mol. The van der Waals surface area contributed by atoms with E-state index in [0.717, 1.165) is 23.6 Å². The molecule has 2 rings (SSSR count). The molecule has 1 N–H and O–H groups in total. The van der Waals surface area contributed by atoms with Crippen molar-refractivity contribution < 1.29 is 9.21 Å². The van der Waals surface area contributed by atoms with Crippen molar-refractivity contribution in [3.63, 3.8) is 0 Å². The SMILES string of the molecule is CCCCCc1nnc(NC(=O)c2cc(C)oc2C)s1. The van der Waals surface area contributed by atoms with Crippen molar-refractivity contribution in [3.8, 4) is 0 Å². The molecule has 0 aromatic carbocycles. The van der Waals surface area contributed by atoms with Gasteiger partial charge in [0.2, 0.25) is 5.13 Å². The average Bonchev–Trinajstić information content (AvgIpc) is 2.96. The number of carbonyl (C=O) groups excluding carboxylic acids is 1. The summed E-state index contributed by atoms with van der Waals surface area (Å²) in [6.07, 6.45) is 4.40. The van der Waals surface area contributed by atoms with Gasteiger partial charge in [0, 0.05) is 6.42 Å². The highest BCUT2D eigenvalue weighted by Crippen LogP contribution is 2.20. The number of nitrogens with zero attached hydrogens (tertiary/aromatic N) is 2. The first-order valence-corrected chi connectivity index (χ1v) is 7.62. The van der Waals surface area contributed by atoms with Crippen LogP contribution in [0.1, 0.15) is 53.1 Å². The van der Waals surface area contributed by atoms with Crippen LogP contribution in [0.3, 0.4) is 0 Å².